The minimum atomic E-state index is -1.16. The van der Waals surface area contributed by atoms with E-state index in [1.165, 1.54) is 12.5 Å². The normalized spacial score (nSPS) is 11.6. The van der Waals surface area contributed by atoms with Gasteiger partial charge < -0.3 is 20.7 Å². The number of imidazole rings is 1. The summed E-state index contributed by atoms with van der Waals surface area (Å²) in [5.41, 5.74) is 2.21. The van der Waals surface area contributed by atoms with Gasteiger partial charge in [0, 0.05) is 23.9 Å². The molecule has 1 aromatic carbocycles. The Morgan fingerprint density at radius 2 is 1.96 bits per heavy atom. The summed E-state index contributed by atoms with van der Waals surface area (Å²) in [5, 5.41) is 14.1. The van der Waals surface area contributed by atoms with Crippen molar-refractivity contribution in [1.82, 2.24) is 20.6 Å². The summed E-state index contributed by atoms with van der Waals surface area (Å²) in [7, 11) is 0. The molecule has 1 atom stereocenters. The Labute approximate surface area is 157 Å². The number of nitrogens with one attached hydrogen (secondary N) is 3. The molecule has 0 spiro atoms. The largest absolute Gasteiger partial charge is 0.480 e. The van der Waals surface area contributed by atoms with Crippen molar-refractivity contribution in [2.24, 2.45) is 0 Å². The number of amides is 2. The maximum absolute atomic E-state index is 12.1. The molecule has 0 saturated carbocycles. The van der Waals surface area contributed by atoms with Gasteiger partial charge in [0.15, 0.2) is 0 Å². The quantitative estimate of drug-likeness (QED) is 0.500. The van der Waals surface area contributed by atoms with Gasteiger partial charge in [-0.2, -0.15) is 0 Å². The van der Waals surface area contributed by atoms with Crippen LogP contribution in [0.5, 0.6) is 0 Å². The second-order valence-electron chi connectivity index (χ2n) is 6.22. The number of aromatic amines is 1. The molecule has 0 aliphatic rings. The molecule has 0 radical (unpaired) electrons. The Morgan fingerprint density at radius 1 is 1.22 bits per heavy atom. The number of aliphatic carboxylic acids is 1. The van der Waals surface area contributed by atoms with E-state index in [2.05, 4.69) is 27.5 Å². The van der Waals surface area contributed by atoms with Gasteiger partial charge in [0.25, 0.3) is 5.91 Å². The molecule has 1 aromatic heterocycles. The summed E-state index contributed by atoms with van der Waals surface area (Å²) in [4.78, 5) is 42.0. The van der Waals surface area contributed by atoms with Gasteiger partial charge in [-0.3, -0.25) is 9.59 Å². The standard InChI is InChI=1S/C19H24N4O4/c1-2-3-4-13-5-7-14(8-6-13)18(25)21-11-17(24)23-16(19(26)27)9-15-10-20-12-22-15/h5-8,10,12,16H,2-4,9,11H2,1H3,(H,20,22)(H,21,25)(H,23,24)(H,26,27). The van der Waals surface area contributed by atoms with Gasteiger partial charge >= 0.3 is 5.97 Å². The lowest BCUT2D eigenvalue weighted by molar-refractivity contribution is -0.141. The Hall–Kier alpha value is -3.16. The van der Waals surface area contributed by atoms with Gasteiger partial charge in [0.05, 0.1) is 12.9 Å². The van der Waals surface area contributed by atoms with E-state index in [0.29, 0.717) is 11.3 Å². The molecule has 0 aliphatic heterocycles. The van der Waals surface area contributed by atoms with E-state index in [1.54, 1.807) is 12.1 Å². The van der Waals surface area contributed by atoms with Crippen LogP contribution >= 0.6 is 0 Å². The lowest BCUT2D eigenvalue weighted by Crippen LogP contribution is -2.46. The Kier molecular flexibility index (Phi) is 7.54. The minimum Gasteiger partial charge on any atom is -0.480 e. The number of unbranched alkanes of at least 4 members (excludes halogenated alkanes) is 1. The first-order chi connectivity index (χ1) is 13.0. The maximum Gasteiger partial charge on any atom is 0.326 e. The Morgan fingerprint density at radius 3 is 2.56 bits per heavy atom. The lowest BCUT2D eigenvalue weighted by Gasteiger charge is -2.14. The molecule has 4 N–H and O–H groups in total. The van der Waals surface area contributed by atoms with Crippen LogP contribution in [0.15, 0.2) is 36.8 Å². The SMILES string of the molecule is CCCCc1ccc(C(=O)NCC(=O)NC(Cc2cnc[nH]2)C(=O)O)cc1. The summed E-state index contributed by atoms with van der Waals surface area (Å²) in [6, 6.07) is 6.13. The highest BCUT2D eigenvalue weighted by Gasteiger charge is 2.21. The molecule has 0 bridgehead atoms. The topological polar surface area (TPSA) is 124 Å². The number of rotatable bonds is 10. The molecule has 0 aliphatic carbocycles. The van der Waals surface area contributed by atoms with Crippen LogP contribution in [-0.2, 0) is 22.4 Å². The lowest BCUT2D eigenvalue weighted by atomic mass is 10.1. The molecule has 8 heteroatoms. The maximum atomic E-state index is 12.1. The van der Waals surface area contributed by atoms with E-state index < -0.39 is 17.9 Å². The summed E-state index contributed by atoms with van der Waals surface area (Å²) in [6.07, 6.45) is 6.17. The first-order valence-corrected chi connectivity index (χ1v) is 8.86. The first-order valence-electron chi connectivity index (χ1n) is 8.86. The van der Waals surface area contributed by atoms with Gasteiger partial charge in [-0.15, -0.1) is 0 Å². The number of nitrogens with zero attached hydrogens (tertiary/aromatic N) is 1. The molecule has 2 rings (SSSR count). The van der Waals surface area contributed by atoms with Crippen molar-refractivity contribution in [3.8, 4) is 0 Å². The highest BCUT2D eigenvalue weighted by Crippen LogP contribution is 2.08. The highest BCUT2D eigenvalue weighted by atomic mass is 16.4. The third-order valence-corrected chi connectivity index (χ3v) is 4.06. The molecule has 1 heterocycles. The predicted octanol–water partition coefficient (Wildman–Crippen LogP) is 1.29. The third kappa shape index (κ3) is 6.58. The number of aryl methyl sites for hydroxylation is 1. The van der Waals surface area contributed by atoms with Gasteiger partial charge in [-0.25, -0.2) is 9.78 Å². The average Bonchev–Trinajstić information content (AvgIpc) is 3.17. The Bertz CT molecular complexity index is 757. The number of carbonyl (C=O) groups is 3. The second kappa shape index (κ2) is 10.1. The molecular weight excluding hydrogens is 348 g/mol. The van der Waals surface area contributed by atoms with Crippen molar-refractivity contribution >= 4 is 17.8 Å². The van der Waals surface area contributed by atoms with E-state index in [-0.39, 0.29) is 18.9 Å². The molecule has 144 valence electrons. The van der Waals surface area contributed by atoms with Gasteiger partial charge in [-0.05, 0) is 30.5 Å². The van der Waals surface area contributed by atoms with Gasteiger partial charge in [-0.1, -0.05) is 25.5 Å². The van der Waals surface area contributed by atoms with Crippen LogP contribution in [0.3, 0.4) is 0 Å². The number of H-pyrrole nitrogens is 1. The van der Waals surface area contributed by atoms with E-state index >= 15 is 0 Å². The van der Waals surface area contributed by atoms with Crippen LogP contribution in [0.2, 0.25) is 0 Å². The predicted molar refractivity (Wildman–Crippen MR) is 99.2 cm³/mol. The number of hydrogen-bond donors (Lipinski definition) is 4. The molecule has 27 heavy (non-hydrogen) atoms. The van der Waals surface area contributed by atoms with Gasteiger partial charge in [0.2, 0.25) is 5.91 Å². The number of carboxylic acid groups (broad SMARTS) is 1. The number of benzene rings is 1. The smallest absolute Gasteiger partial charge is 0.326 e. The van der Waals surface area contributed by atoms with Crippen LogP contribution in [0.25, 0.3) is 0 Å². The van der Waals surface area contributed by atoms with E-state index in [9.17, 15) is 19.5 Å². The molecule has 2 amide bonds. The zero-order valence-electron chi connectivity index (χ0n) is 15.2. The van der Waals surface area contributed by atoms with E-state index in [4.69, 9.17) is 0 Å². The van der Waals surface area contributed by atoms with Crippen LogP contribution in [0.1, 0.15) is 41.4 Å². The number of aromatic nitrogens is 2. The van der Waals surface area contributed by atoms with Crippen LogP contribution < -0.4 is 10.6 Å². The molecular formula is C19H24N4O4. The van der Waals surface area contributed by atoms with Gasteiger partial charge in [0.1, 0.15) is 6.04 Å². The average molecular weight is 372 g/mol. The number of carboxylic acids is 1. The Balaban J connectivity index is 1.82. The fraction of sp³-hybridized carbons (Fsp3) is 0.368. The summed E-state index contributed by atoms with van der Waals surface area (Å²) >= 11 is 0. The minimum absolute atomic E-state index is 0.0776. The summed E-state index contributed by atoms with van der Waals surface area (Å²) in [6.45, 7) is 1.82. The van der Waals surface area contributed by atoms with Crippen molar-refractivity contribution in [3.05, 3.63) is 53.6 Å². The zero-order valence-corrected chi connectivity index (χ0v) is 15.2. The van der Waals surface area contributed by atoms with Crippen LogP contribution in [-0.4, -0.2) is 45.4 Å². The van der Waals surface area contributed by atoms with Crippen molar-refractivity contribution in [1.29, 1.82) is 0 Å². The molecule has 2 aromatic rings. The first kappa shape index (κ1) is 20.2. The fourth-order valence-corrected chi connectivity index (χ4v) is 2.53. The molecule has 1 unspecified atom stereocenters. The van der Waals surface area contributed by atoms with E-state index in [1.807, 2.05) is 12.1 Å². The van der Waals surface area contributed by atoms with Crippen molar-refractivity contribution in [3.63, 3.8) is 0 Å². The highest BCUT2D eigenvalue weighted by molar-refractivity contribution is 5.96. The second-order valence-corrected chi connectivity index (χ2v) is 6.22. The number of carbonyl (C=O) groups excluding carboxylic acids is 2. The van der Waals surface area contributed by atoms with Crippen LogP contribution in [0.4, 0.5) is 0 Å². The molecule has 0 saturated heterocycles. The molecule has 0 fully saturated rings. The van der Waals surface area contributed by atoms with Crippen molar-refractivity contribution in [2.75, 3.05) is 6.54 Å². The van der Waals surface area contributed by atoms with Crippen molar-refractivity contribution in [2.45, 2.75) is 38.6 Å². The summed E-state index contributed by atoms with van der Waals surface area (Å²) in [5.74, 6) is -2.12. The fourth-order valence-electron chi connectivity index (χ4n) is 2.53. The number of hydrogen-bond acceptors (Lipinski definition) is 4. The monoisotopic (exact) mass is 372 g/mol. The molecule has 8 nitrogen and oxygen atoms in total. The zero-order chi connectivity index (χ0) is 19.6. The third-order valence-electron chi connectivity index (χ3n) is 4.06. The van der Waals surface area contributed by atoms with Crippen LogP contribution in [0, 0.1) is 0 Å². The summed E-state index contributed by atoms with van der Waals surface area (Å²) < 4.78 is 0. The van der Waals surface area contributed by atoms with Crippen molar-refractivity contribution < 1.29 is 19.5 Å². The van der Waals surface area contributed by atoms with E-state index in [0.717, 1.165) is 24.8 Å².